The van der Waals surface area contributed by atoms with Crippen LogP contribution in [0.25, 0.3) is 0 Å². The molecule has 108 valence electrons. The number of hydrogen-bond donors (Lipinski definition) is 2. The van der Waals surface area contributed by atoms with Crippen molar-refractivity contribution in [2.24, 2.45) is 0 Å². The minimum Gasteiger partial charge on any atom is -0.480 e. The molecule has 1 rings (SSSR count). The number of rotatable bonds is 4. The lowest BCUT2D eigenvalue weighted by Crippen LogP contribution is -2.59. The number of carboxylic acid groups (broad SMARTS) is 1. The van der Waals surface area contributed by atoms with Crippen LogP contribution in [0.5, 0.6) is 0 Å². The molecule has 0 radical (unpaired) electrons. The summed E-state index contributed by atoms with van der Waals surface area (Å²) < 4.78 is 0. The molecule has 2 N–H and O–H groups in total. The fourth-order valence-electron chi connectivity index (χ4n) is 2.20. The minimum absolute atomic E-state index is 0.222. The SMILES string of the molecule is C=CCC(NC(=O)N1CC(C)N(C)C(C)C1)C(=O)O. The van der Waals surface area contributed by atoms with E-state index in [1.54, 1.807) is 4.90 Å². The molecule has 1 saturated heterocycles. The molecule has 2 amide bonds. The highest BCUT2D eigenvalue weighted by Crippen LogP contribution is 2.13. The molecule has 19 heavy (non-hydrogen) atoms. The van der Waals surface area contributed by atoms with Crippen molar-refractivity contribution in [3.05, 3.63) is 12.7 Å². The van der Waals surface area contributed by atoms with Gasteiger partial charge in [0.05, 0.1) is 0 Å². The van der Waals surface area contributed by atoms with E-state index in [0.29, 0.717) is 13.1 Å². The minimum atomic E-state index is -1.04. The number of piperazine rings is 1. The van der Waals surface area contributed by atoms with E-state index in [9.17, 15) is 9.59 Å². The molecule has 0 spiro atoms. The number of carbonyl (C=O) groups is 2. The number of likely N-dealkylation sites (N-methyl/N-ethyl adjacent to an activating group) is 1. The number of nitrogens with zero attached hydrogens (tertiary/aromatic N) is 2. The Kier molecular flexibility index (Phi) is 5.35. The first kappa shape index (κ1) is 15.5. The van der Waals surface area contributed by atoms with Gasteiger partial charge in [-0.05, 0) is 27.3 Å². The lowest BCUT2D eigenvalue weighted by atomic mass is 10.1. The van der Waals surface area contributed by atoms with Crippen molar-refractivity contribution in [3.8, 4) is 0 Å². The first-order valence-electron chi connectivity index (χ1n) is 6.47. The van der Waals surface area contributed by atoms with E-state index in [1.165, 1.54) is 6.08 Å². The number of urea groups is 1. The van der Waals surface area contributed by atoms with Gasteiger partial charge < -0.3 is 15.3 Å². The second-order valence-electron chi connectivity index (χ2n) is 5.13. The van der Waals surface area contributed by atoms with Crippen LogP contribution in [-0.2, 0) is 4.79 Å². The molecule has 1 fully saturated rings. The number of amides is 2. The molecule has 3 unspecified atom stereocenters. The molecule has 0 aromatic heterocycles. The maximum Gasteiger partial charge on any atom is 0.326 e. The van der Waals surface area contributed by atoms with Crippen molar-refractivity contribution in [2.45, 2.75) is 38.4 Å². The van der Waals surface area contributed by atoms with Gasteiger partial charge in [0.15, 0.2) is 0 Å². The first-order valence-corrected chi connectivity index (χ1v) is 6.47. The molecule has 0 bridgehead atoms. The Bertz CT molecular complexity index is 347. The number of nitrogens with one attached hydrogen (secondary N) is 1. The number of hydrogen-bond acceptors (Lipinski definition) is 3. The van der Waals surface area contributed by atoms with Crippen molar-refractivity contribution in [2.75, 3.05) is 20.1 Å². The number of aliphatic carboxylic acids is 1. The van der Waals surface area contributed by atoms with Gasteiger partial charge in [-0.1, -0.05) is 6.08 Å². The van der Waals surface area contributed by atoms with Crippen LogP contribution in [0.3, 0.4) is 0 Å². The zero-order valence-electron chi connectivity index (χ0n) is 11.8. The Balaban J connectivity index is 2.62. The Morgan fingerprint density at radius 1 is 1.42 bits per heavy atom. The largest absolute Gasteiger partial charge is 0.480 e. The molecule has 6 heteroatoms. The van der Waals surface area contributed by atoms with Gasteiger partial charge >= 0.3 is 12.0 Å². The lowest BCUT2D eigenvalue weighted by molar-refractivity contribution is -0.139. The van der Waals surface area contributed by atoms with Crippen LogP contribution < -0.4 is 5.32 Å². The normalized spacial score (nSPS) is 25.7. The van der Waals surface area contributed by atoms with E-state index in [4.69, 9.17) is 5.11 Å². The van der Waals surface area contributed by atoms with E-state index in [-0.39, 0.29) is 24.5 Å². The standard InChI is InChI=1S/C13H23N3O3/c1-5-6-11(12(17)18)14-13(19)16-7-9(2)15(4)10(3)8-16/h5,9-11H,1,6-8H2,2-4H3,(H,14,19)(H,17,18). The van der Waals surface area contributed by atoms with E-state index in [0.717, 1.165) is 0 Å². The van der Waals surface area contributed by atoms with Gasteiger partial charge in [-0.2, -0.15) is 0 Å². The number of carbonyl (C=O) groups excluding carboxylic acids is 1. The average molecular weight is 269 g/mol. The average Bonchev–Trinajstić information content (AvgIpc) is 2.34. The number of carboxylic acids is 1. The van der Waals surface area contributed by atoms with E-state index >= 15 is 0 Å². The predicted octanol–water partition coefficient (Wildman–Crippen LogP) is 0.750. The van der Waals surface area contributed by atoms with Gasteiger partial charge in [-0.3, -0.25) is 4.90 Å². The quantitative estimate of drug-likeness (QED) is 0.739. The van der Waals surface area contributed by atoms with Gasteiger partial charge in [0.25, 0.3) is 0 Å². The van der Waals surface area contributed by atoms with Gasteiger partial charge in [0.1, 0.15) is 6.04 Å². The van der Waals surface area contributed by atoms with Crippen molar-refractivity contribution in [1.29, 1.82) is 0 Å². The van der Waals surface area contributed by atoms with Gasteiger partial charge in [-0.25, -0.2) is 9.59 Å². The molecule has 3 atom stereocenters. The van der Waals surface area contributed by atoms with E-state index in [1.807, 2.05) is 20.9 Å². The second-order valence-corrected chi connectivity index (χ2v) is 5.13. The fourth-order valence-corrected chi connectivity index (χ4v) is 2.20. The maximum atomic E-state index is 12.1. The van der Waals surface area contributed by atoms with Crippen LogP contribution >= 0.6 is 0 Å². The summed E-state index contributed by atoms with van der Waals surface area (Å²) in [4.78, 5) is 27.0. The van der Waals surface area contributed by atoms with Crippen LogP contribution in [0.4, 0.5) is 4.79 Å². The molecular weight excluding hydrogens is 246 g/mol. The molecule has 6 nitrogen and oxygen atoms in total. The van der Waals surface area contributed by atoms with Crippen LogP contribution in [0.15, 0.2) is 12.7 Å². The summed E-state index contributed by atoms with van der Waals surface area (Å²) in [5, 5.41) is 11.5. The summed E-state index contributed by atoms with van der Waals surface area (Å²) >= 11 is 0. The summed E-state index contributed by atoms with van der Waals surface area (Å²) in [6.45, 7) is 8.81. The summed E-state index contributed by atoms with van der Waals surface area (Å²) in [5.74, 6) is -1.04. The summed E-state index contributed by atoms with van der Waals surface area (Å²) in [5.41, 5.74) is 0. The third kappa shape index (κ3) is 3.96. The lowest BCUT2D eigenvalue weighted by Gasteiger charge is -2.42. The Hall–Kier alpha value is -1.56. The van der Waals surface area contributed by atoms with Crippen molar-refractivity contribution >= 4 is 12.0 Å². The Labute approximate surface area is 114 Å². The van der Waals surface area contributed by atoms with Crippen molar-refractivity contribution in [1.82, 2.24) is 15.1 Å². The molecule has 0 aromatic carbocycles. The zero-order chi connectivity index (χ0) is 14.6. The molecule has 0 saturated carbocycles. The van der Waals surface area contributed by atoms with Crippen LogP contribution in [-0.4, -0.2) is 65.2 Å². The molecule has 0 aromatic rings. The molecule has 1 aliphatic heterocycles. The molecular formula is C13H23N3O3. The van der Waals surface area contributed by atoms with Gasteiger partial charge in [0.2, 0.25) is 0 Å². The zero-order valence-corrected chi connectivity index (χ0v) is 11.8. The monoisotopic (exact) mass is 269 g/mol. The van der Waals surface area contributed by atoms with E-state index < -0.39 is 12.0 Å². The van der Waals surface area contributed by atoms with Crippen LogP contribution in [0.2, 0.25) is 0 Å². The third-order valence-corrected chi connectivity index (χ3v) is 3.65. The van der Waals surface area contributed by atoms with Crippen molar-refractivity contribution < 1.29 is 14.7 Å². The predicted molar refractivity (Wildman–Crippen MR) is 73.0 cm³/mol. The van der Waals surface area contributed by atoms with E-state index in [2.05, 4.69) is 16.8 Å². The summed E-state index contributed by atoms with van der Waals surface area (Å²) in [6.07, 6.45) is 1.72. The molecule has 1 aliphatic rings. The van der Waals surface area contributed by atoms with Gasteiger partial charge in [-0.15, -0.1) is 6.58 Å². The van der Waals surface area contributed by atoms with Crippen LogP contribution in [0.1, 0.15) is 20.3 Å². The second kappa shape index (κ2) is 6.56. The first-order chi connectivity index (χ1) is 8.86. The molecule has 0 aliphatic carbocycles. The highest BCUT2D eigenvalue weighted by molar-refractivity contribution is 5.82. The summed E-state index contributed by atoms with van der Waals surface area (Å²) in [6, 6.07) is -0.703. The topological polar surface area (TPSA) is 72.9 Å². The Morgan fingerprint density at radius 3 is 2.37 bits per heavy atom. The van der Waals surface area contributed by atoms with Gasteiger partial charge in [0, 0.05) is 25.2 Å². The smallest absolute Gasteiger partial charge is 0.326 e. The summed E-state index contributed by atoms with van der Waals surface area (Å²) in [7, 11) is 2.03. The highest BCUT2D eigenvalue weighted by atomic mass is 16.4. The maximum absolute atomic E-state index is 12.1. The Morgan fingerprint density at radius 2 is 1.95 bits per heavy atom. The molecule has 1 heterocycles. The highest BCUT2D eigenvalue weighted by Gasteiger charge is 2.30. The van der Waals surface area contributed by atoms with Crippen molar-refractivity contribution in [3.63, 3.8) is 0 Å². The third-order valence-electron chi connectivity index (χ3n) is 3.65. The fraction of sp³-hybridized carbons (Fsp3) is 0.692. The van der Waals surface area contributed by atoms with Crippen LogP contribution in [0, 0.1) is 0 Å².